The van der Waals surface area contributed by atoms with Crippen molar-refractivity contribution in [3.8, 4) is 0 Å². The quantitative estimate of drug-likeness (QED) is 0.748. The minimum absolute atomic E-state index is 0.0191. The van der Waals surface area contributed by atoms with Crippen molar-refractivity contribution in [2.24, 2.45) is 0 Å². The maximum absolute atomic E-state index is 12.2. The van der Waals surface area contributed by atoms with Crippen molar-refractivity contribution in [1.82, 2.24) is 14.9 Å². The Morgan fingerprint density at radius 2 is 2.32 bits per heavy atom. The smallest absolute Gasteiger partial charge is 0.244 e. The van der Waals surface area contributed by atoms with Gasteiger partial charge in [-0.05, 0) is 28.9 Å². The number of hydrogen-bond donors (Lipinski definition) is 3. The van der Waals surface area contributed by atoms with E-state index < -0.39 is 16.6 Å². The second-order valence-corrected chi connectivity index (χ2v) is 7.45. The highest BCUT2D eigenvalue weighted by Gasteiger charge is 2.23. The predicted molar refractivity (Wildman–Crippen MR) is 75.3 cm³/mol. The molecular weight excluding hydrogens is 354 g/mol. The van der Waals surface area contributed by atoms with Gasteiger partial charge in [0, 0.05) is 21.3 Å². The average Bonchev–Trinajstić information content (AvgIpc) is 2.93. The number of aryl methyl sites for hydroxylation is 1. The molecule has 0 saturated carbocycles. The van der Waals surface area contributed by atoms with Crippen LogP contribution in [-0.2, 0) is 23.2 Å². The minimum atomic E-state index is -3.69. The zero-order chi connectivity index (χ0) is 14.0. The van der Waals surface area contributed by atoms with Crippen LogP contribution in [0.4, 0.5) is 0 Å². The Balaban J connectivity index is 2.20. The maximum atomic E-state index is 12.2. The van der Waals surface area contributed by atoms with Crippen LogP contribution in [0.5, 0.6) is 0 Å². The largest absolute Gasteiger partial charge is 0.390 e. The van der Waals surface area contributed by atoms with Crippen LogP contribution in [-0.4, -0.2) is 23.7 Å². The van der Waals surface area contributed by atoms with Gasteiger partial charge in [-0.25, -0.2) is 13.1 Å². The second kappa shape index (κ2) is 5.71. The second-order valence-electron chi connectivity index (χ2n) is 3.84. The molecular formula is C10H12BrN3O3S2. The summed E-state index contributed by atoms with van der Waals surface area (Å²) in [4.78, 5) is 0.910. The molecule has 0 fully saturated rings. The molecule has 0 bridgehead atoms. The fourth-order valence-corrected chi connectivity index (χ4v) is 4.46. The number of thiophene rings is 1. The van der Waals surface area contributed by atoms with Crippen molar-refractivity contribution in [1.29, 1.82) is 0 Å². The highest BCUT2D eigenvalue weighted by atomic mass is 79.9. The van der Waals surface area contributed by atoms with Gasteiger partial charge in [0.15, 0.2) is 0 Å². The van der Waals surface area contributed by atoms with Crippen LogP contribution in [0.1, 0.15) is 16.3 Å². The van der Waals surface area contributed by atoms with Gasteiger partial charge in [0.05, 0.1) is 12.3 Å². The first-order valence-corrected chi connectivity index (χ1v) is 8.47. The lowest BCUT2D eigenvalue weighted by Crippen LogP contribution is -2.24. The van der Waals surface area contributed by atoms with Gasteiger partial charge >= 0.3 is 0 Å². The third-order valence-electron chi connectivity index (χ3n) is 2.44. The third-order valence-corrected chi connectivity index (χ3v) is 5.74. The van der Waals surface area contributed by atoms with E-state index >= 15 is 0 Å². The summed E-state index contributed by atoms with van der Waals surface area (Å²) in [6.45, 7) is 1.38. The third kappa shape index (κ3) is 3.23. The van der Waals surface area contributed by atoms with Crippen LogP contribution in [0.25, 0.3) is 0 Å². The first-order valence-electron chi connectivity index (χ1n) is 5.31. The summed E-state index contributed by atoms with van der Waals surface area (Å²) < 4.78 is 27.8. The van der Waals surface area contributed by atoms with Crippen LogP contribution in [0, 0.1) is 6.92 Å². The topological polar surface area (TPSA) is 95.1 Å². The highest BCUT2D eigenvalue weighted by molar-refractivity contribution is 9.10. The van der Waals surface area contributed by atoms with Crippen molar-refractivity contribution >= 4 is 37.3 Å². The van der Waals surface area contributed by atoms with Gasteiger partial charge < -0.3 is 5.11 Å². The summed E-state index contributed by atoms with van der Waals surface area (Å²) in [5, 5.41) is 17.3. The summed E-state index contributed by atoms with van der Waals surface area (Å²) in [6, 6.07) is 1.85. The molecule has 2 rings (SSSR count). The summed E-state index contributed by atoms with van der Waals surface area (Å²) in [7, 11) is -3.69. The highest BCUT2D eigenvalue weighted by Crippen LogP contribution is 2.21. The van der Waals surface area contributed by atoms with E-state index in [0.29, 0.717) is 5.69 Å². The Kier molecular flexibility index (Phi) is 4.41. The fourth-order valence-electron chi connectivity index (χ4n) is 1.62. The molecule has 0 spiro atoms. The van der Waals surface area contributed by atoms with Crippen LogP contribution < -0.4 is 4.72 Å². The Hall–Kier alpha value is -0.740. The van der Waals surface area contributed by atoms with Crippen molar-refractivity contribution in [2.45, 2.75) is 25.0 Å². The molecule has 0 radical (unpaired) electrons. The van der Waals surface area contributed by atoms with Gasteiger partial charge in [-0.1, -0.05) is 0 Å². The van der Waals surface area contributed by atoms with Gasteiger partial charge in [0.1, 0.15) is 10.6 Å². The standard InChI is InChI=1S/C10H12BrN3O3S2/c1-6-10(9(4-15)14-13-6)19(16,17)12-3-8-2-7(11)5-18-8/h2,5,12,15H,3-4H2,1H3,(H,13,14). The van der Waals surface area contributed by atoms with Gasteiger partial charge in [0.2, 0.25) is 10.0 Å². The SMILES string of the molecule is Cc1[nH]nc(CO)c1S(=O)(=O)NCc1cc(Br)cs1. The van der Waals surface area contributed by atoms with Gasteiger partial charge in [-0.15, -0.1) is 11.3 Å². The summed E-state index contributed by atoms with van der Waals surface area (Å²) in [5.74, 6) is 0. The number of aromatic nitrogens is 2. The van der Waals surface area contributed by atoms with E-state index in [9.17, 15) is 8.42 Å². The summed E-state index contributed by atoms with van der Waals surface area (Å²) in [5.41, 5.74) is 0.529. The Morgan fingerprint density at radius 1 is 1.58 bits per heavy atom. The van der Waals surface area contributed by atoms with Gasteiger partial charge in [-0.3, -0.25) is 5.10 Å². The molecule has 0 aliphatic carbocycles. The summed E-state index contributed by atoms with van der Waals surface area (Å²) >= 11 is 4.77. The molecule has 0 unspecified atom stereocenters. The number of rotatable bonds is 5. The number of H-pyrrole nitrogens is 1. The molecule has 0 aliphatic rings. The molecule has 9 heteroatoms. The molecule has 2 aromatic rings. The number of aliphatic hydroxyl groups is 1. The van der Waals surface area contributed by atoms with Crippen molar-refractivity contribution in [3.05, 3.63) is 32.2 Å². The Morgan fingerprint density at radius 3 is 2.89 bits per heavy atom. The molecule has 0 atom stereocenters. The molecule has 0 amide bonds. The lowest BCUT2D eigenvalue weighted by atomic mass is 10.4. The van der Waals surface area contributed by atoms with Crippen LogP contribution >= 0.6 is 27.3 Å². The van der Waals surface area contributed by atoms with E-state index in [1.807, 2.05) is 11.4 Å². The average molecular weight is 366 g/mol. The Bertz CT molecular complexity index is 678. The molecule has 0 aliphatic heterocycles. The minimum Gasteiger partial charge on any atom is -0.390 e. The van der Waals surface area contributed by atoms with Crippen LogP contribution in [0.15, 0.2) is 20.8 Å². The molecule has 19 heavy (non-hydrogen) atoms. The monoisotopic (exact) mass is 365 g/mol. The number of nitrogens with zero attached hydrogens (tertiary/aromatic N) is 1. The number of hydrogen-bond acceptors (Lipinski definition) is 5. The van der Waals surface area contributed by atoms with Gasteiger partial charge in [-0.2, -0.15) is 5.10 Å². The number of aromatic amines is 1. The maximum Gasteiger partial charge on any atom is 0.244 e. The predicted octanol–water partition coefficient (Wildman–Crippen LogP) is 1.51. The van der Waals surface area contributed by atoms with Crippen molar-refractivity contribution in [3.63, 3.8) is 0 Å². The van der Waals surface area contributed by atoms with E-state index in [0.717, 1.165) is 9.35 Å². The van der Waals surface area contributed by atoms with E-state index in [4.69, 9.17) is 5.11 Å². The van der Waals surface area contributed by atoms with Crippen LogP contribution in [0.2, 0.25) is 0 Å². The van der Waals surface area contributed by atoms with E-state index in [1.165, 1.54) is 11.3 Å². The summed E-state index contributed by atoms with van der Waals surface area (Å²) in [6.07, 6.45) is 0. The number of aliphatic hydroxyl groups excluding tert-OH is 1. The molecule has 6 nitrogen and oxygen atoms in total. The first-order chi connectivity index (χ1) is 8.94. The molecule has 3 N–H and O–H groups in total. The van der Waals surface area contributed by atoms with Crippen molar-refractivity contribution < 1.29 is 13.5 Å². The molecule has 2 aromatic heterocycles. The molecule has 104 valence electrons. The number of sulfonamides is 1. The van der Waals surface area contributed by atoms with Crippen molar-refractivity contribution in [2.75, 3.05) is 0 Å². The van der Waals surface area contributed by atoms with Gasteiger partial charge in [0.25, 0.3) is 0 Å². The first kappa shape index (κ1) is 14.7. The normalized spacial score (nSPS) is 11.9. The Labute approximate surface area is 123 Å². The fraction of sp³-hybridized carbons (Fsp3) is 0.300. The number of nitrogens with one attached hydrogen (secondary N) is 2. The number of halogens is 1. The lowest BCUT2D eigenvalue weighted by Gasteiger charge is -2.06. The molecule has 0 saturated heterocycles. The van der Waals surface area contributed by atoms with E-state index in [-0.39, 0.29) is 17.1 Å². The molecule has 0 aromatic carbocycles. The zero-order valence-corrected chi connectivity index (χ0v) is 13.2. The van der Waals surface area contributed by atoms with Crippen LogP contribution in [0.3, 0.4) is 0 Å². The lowest BCUT2D eigenvalue weighted by molar-refractivity contribution is 0.273. The van der Waals surface area contributed by atoms with E-state index in [1.54, 1.807) is 6.92 Å². The van der Waals surface area contributed by atoms with E-state index in [2.05, 4.69) is 30.8 Å². The molecule has 2 heterocycles. The zero-order valence-electron chi connectivity index (χ0n) is 9.97.